The number of aromatic nitrogens is 1. The number of halogens is 4. The lowest BCUT2D eigenvalue weighted by molar-refractivity contribution is -0.142. The predicted octanol–water partition coefficient (Wildman–Crippen LogP) is 3.34. The van der Waals surface area contributed by atoms with Crippen molar-refractivity contribution in [3.05, 3.63) is 35.8 Å². The van der Waals surface area contributed by atoms with E-state index in [1.54, 1.807) is 0 Å². The van der Waals surface area contributed by atoms with Crippen molar-refractivity contribution in [3.8, 4) is 0 Å². The van der Waals surface area contributed by atoms with Gasteiger partial charge in [0.15, 0.2) is 0 Å². The van der Waals surface area contributed by atoms with E-state index in [4.69, 9.17) is 0 Å². The molecule has 1 nitrogen and oxygen atoms in total. The Morgan fingerprint density at radius 2 is 1.80 bits per heavy atom. The Kier molecular flexibility index (Phi) is 1.99. The van der Waals surface area contributed by atoms with Crippen LogP contribution in [-0.2, 0) is 13.2 Å². The third-order valence-corrected chi connectivity index (χ3v) is 2.29. The fraction of sp³-hybridized carbons (Fsp3) is 0.200. The molecule has 0 fully saturated rings. The summed E-state index contributed by atoms with van der Waals surface area (Å²) in [5.41, 5.74) is -0.410. The van der Waals surface area contributed by atoms with Crippen LogP contribution in [0.1, 0.15) is 5.69 Å². The first-order valence-corrected chi connectivity index (χ1v) is 4.22. The molecule has 0 aliphatic heterocycles. The summed E-state index contributed by atoms with van der Waals surface area (Å²) < 4.78 is 51.2. The molecule has 0 aliphatic rings. The molecule has 1 aromatic carbocycles. The maximum Gasteiger partial charge on any atom is 0.431 e. The minimum Gasteiger partial charge on any atom is -0.340 e. The topological polar surface area (TPSA) is 4.93 Å². The zero-order valence-electron chi connectivity index (χ0n) is 7.77. The van der Waals surface area contributed by atoms with E-state index in [-0.39, 0.29) is 5.39 Å². The Labute approximate surface area is 82.9 Å². The second kappa shape index (κ2) is 2.98. The van der Waals surface area contributed by atoms with Gasteiger partial charge in [-0.1, -0.05) is 0 Å². The van der Waals surface area contributed by atoms with Crippen LogP contribution < -0.4 is 0 Å². The molecule has 2 rings (SSSR count). The molecule has 0 saturated heterocycles. The summed E-state index contributed by atoms with van der Waals surface area (Å²) in [5, 5.41) is 0.254. The average molecular weight is 217 g/mol. The summed E-state index contributed by atoms with van der Waals surface area (Å²) in [5.74, 6) is -0.540. The van der Waals surface area contributed by atoms with Crippen LogP contribution in [0, 0.1) is 5.82 Å². The number of nitrogens with zero attached hydrogens (tertiary/aromatic N) is 1. The van der Waals surface area contributed by atoms with Crippen LogP contribution in [0.2, 0.25) is 0 Å². The van der Waals surface area contributed by atoms with Crippen molar-refractivity contribution < 1.29 is 17.6 Å². The summed E-state index contributed by atoms with van der Waals surface area (Å²) in [6, 6.07) is 4.51. The molecular weight excluding hydrogens is 210 g/mol. The number of rotatable bonds is 0. The third kappa shape index (κ3) is 1.58. The van der Waals surface area contributed by atoms with Gasteiger partial charge in [0.1, 0.15) is 11.5 Å². The molecule has 0 aliphatic carbocycles. The SMILES string of the molecule is Cn1c(C(F)(F)F)cc2cc(F)ccc21. The number of hydrogen-bond acceptors (Lipinski definition) is 0. The van der Waals surface area contributed by atoms with Gasteiger partial charge >= 0.3 is 6.18 Å². The Morgan fingerprint density at radius 3 is 2.40 bits per heavy atom. The molecule has 0 atom stereocenters. The number of fused-ring (bicyclic) bond motifs is 1. The van der Waals surface area contributed by atoms with Crippen molar-refractivity contribution in [2.24, 2.45) is 7.05 Å². The summed E-state index contributed by atoms with van der Waals surface area (Å²) >= 11 is 0. The van der Waals surface area contributed by atoms with E-state index in [2.05, 4.69) is 0 Å². The van der Waals surface area contributed by atoms with Gasteiger partial charge in [-0.05, 0) is 24.3 Å². The van der Waals surface area contributed by atoms with E-state index in [0.29, 0.717) is 5.52 Å². The quantitative estimate of drug-likeness (QED) is 0.596. The van der Waals surface area contributed by atoms with Crippen molar-refractivity contribution in [1.82, 2.24) is 4.57 Å². The normalized spacial score (nSPS) is 12.3. The molecule has 80 valence electrons. The van der Waals surface area contributed by atoms with E-state index in [0.717, 1.165) is 22.8 Å². The molecule has 0 amide bonds. The van der Waals surface area contributed by atoms with Gasteiger partial charge in [-0.15, -0.1) is 0 Å². The average Bonchev–Trinajstić information content (AvgIpc) is 2.42. The van der Waals surface area contributed by atoms with E-state index >= 15 is 0 Å². The van der Waals surface area contributed by atoms with Crippen molar-refractivity contribution in [2.45, 2.75) is 6.18 Å². The van der Waals surface area contributed by atoms with Gasteiger partial charge in [0.25, 0.3) is 0 Å². The van der Waals surface area contributed by atoms with Crippen LogP contribution in [-0.4, -0.2) is 4.57 Å². The summed E-state index contributed by atoms with van der Waals surface area (Å²) in [4.78, 5) is 0. The second-order valence-electron chi connectivity index (χ2n) is 3.29. The third-order valence-electron chi connectivity index (χ3n) is 2.29. The minimum absolute atomic E-state index is 0.254. The Bertz CT molecular complexity index is 510. The first kappa shape index (κ1) is 10.0. The molecule has 1 heterocycles. The van der Waals surface area contributed by atoms with Gasteiger partial charge < -0.3 is 4.57 Å². The number of aryl methyl sites for hydroxylation is 1. The summed E-state index contributed by atoms with van der Waals surface area (Å²) in [6.45, 7) is 0. The van der Waals surface area contributed by atoms with Gasteiger partial charge in [-0.3, -0.25) is 0 Å². The van der Waals surface area contributed by atoms with Crippen LogP contribution in [0.15, 0.2) is 24.3 Å². The molecule has 15 heavy (non-hydrogen) atoms. The number of benzene rings is 1. The monoisotopic (exact) mass is 217 g/mol. The molecule has 2 aromatic rings. The van der Waals surface area contributed by atoms with Gasteiger partial charge in [-0.2, -0.15) is 13.2 Å². The van der Waals surface area contributed by atoms with Gasteiger partial charge in [0.2, 0.25) is 0 Å². The maximum absolute atomic E-state index is 12.8. The lowest BCUT2D eigenvalue weighted by atomic mass is 10.2. The molecule has 0 spiro atoms. The molecule has 0 N–H and O–H groups in total. The molecule has 0 unspecified atom stereocenters. The highest BCUT2D eigenvalue weighted by Gasteiger charge is 2.34. The molecular formula is C10H7F4N. The first-order valence-electron chi connectivity index (χ1n) is 4.22. The van der Waals surface area contributed by atoms with Crippen LogP contribution in [0.25, 0.3) is 10.9 Å². The summed E-state index contributed by atoms with van der Waals surface area (Å²) in [7, 11) is 1.31. The van der Waals surface area contributed by atoms with Crippen molar-refractivity contribution in [1.29, 1.82) is 0 Å². The molecule has 0 saturated carbocycles. The van der Waals surface area contributed by atoms with E-state index in [1.165, 1.54) is 13.1 Å². The standard InChI is InChI=1S/C10H7F4N/c1-15-8-3-2-7(11)4-6(8)5-9(15)10(12,13)14/h2-5H,1H3. The van der Waals surface area contributed by atoms with Gasteiger partial charge in [0.05, 0.1) is 0 Å². The first-order chi connectivity index (χ1) is 6.89. The maximum atomic E-state index is 12.8. The van der Waals surface area contributed by atoms with Crippen LogP contribution in [0.4, 0.5) is 17.6 Å². The largest absolute Gasteiger partial charge is 0.431 e. The van der Waals surface area contributed by atoms with E-state index in [9.17, 15) is 17.6 Å². The zero-order chi connectivity index (χ0) is 11.2. The fourth-order valence-electron chi connectivity index (χ4n) is 1.59. The van der Waals surface area contributed by atoms with Gasteiger partial charge in [0, 0.05) is 18.0 Å². The fourth-order valence-corrected chi connectivity index (χ4v) is 1.59. The lowest BCUT2D eigenvalue weighted by Crippen LogP contribution is -2.10. The minimum atomic E-state index is -4.41. The van der Waals surface area contributed by atoms with E-state index in [1.807, 2.05) is 0 Å². The van der Waals surface area contributed by atoms with Crippen molar-refractivity contribution >= 4 is 10.9 Å². The van der Waals surface area contributed by atoms with E-state index < -0.39 is 17.7 Å². The molecule has 0 radical (unpaired) electrons. The molecule has 1 aromatic heterocycles. The highest BCUT2D eigenvalue weighted by atomic mass is 19.4. The van der Waals surface area contributed by atoms with Crippen LogP contribution >= 0.6 is 0 Å². The van der Waals surface area contributed by atoms with Crippen LogP contribution in [0.3, 0.4) is 0 Å². The lowest BCUT2D eigenvalue weighted by Gasteiger charge is -2.07. The molecule has 0 bridgehead atoms. The van der Waals surface area contributed by atoms with Crippen LogP contribution in [0.5, 0.6) is 0 Å². The summed E-state index contributed by atoms with van der Waals surface area (Å²) in [6.07, 6.45) is -4.41. The number of hydrogen-bond donors (Lipinski definition) is 0. The molecule has 5 heteroatoms. The van der Waals surface area contributed by atoms with Gasteiger partial charge in [-0.25, -0.2) is 4.39 Å². The zero-order valence-corrected chi connectivity index (χ0v) is 7.77. The second-order valence-corrected chi connectivity index (χ2v) is 3.29. The van der Waals surface area contributed by atoms with Crippen molar-refractivity contribution in [3.63, 3.8) is 0 Å². The predicted molar refractivity (Wildman–Crippen MR) is 47.9 cm³/mol. The smallest absolute Gasteiger partial charge is 0.340 e. The Hall–Kier alpha value is -1.52. The highest BCUT2D eigenvalue weighted by Crippen LogP contribution is 2.33. The Morgan fingerprint density at radius 1 is 1.13 bits per heavy atom. The van der Waals surface area contributed by atoms with Crippen molar-refractivity contribution in [2.75, 3.05) is 0 Å². The Balaban J connectivity index is 2.75. The number of alkyl halides is 3. The highest BCUT2D eigenvalue weighted by molar-refractivity contribution is 5.81.